The van der Waals surface area contributed by atoms with Crippen LogP contribution >= 0.6 is 0 Å². The highest BCUT2D eigenvalue weighted by atomic mass is 15.2. The number of nitrogens with zero attached hydrogens (tertiary/aromatic N) is 2. The highest BCUT2D eigenvalue weighted by molar-refractivity contribution is 5.04. The van der Waals surface area contributed by atoms with Gasteiger partial charge in [-0.25, -0.2) is 0 Å². The lowest BCUT2D eigenvalue weighted by Gasteiger charge is -2.50. The van der Waals surface area contributed by atoms with Gasteiger partial charge in [0.1, 0.15) is 0 Å². The largest absolute Gasteiger partial charge is 0.311 e. The first-order valence-corrected chi connectivity index (χ1v) is 14.6. The molecule has 0 aromatic heterocycles. The molecule has 3 aliphatic heterocycles. The van der Waals surface area contributed by atoms with Crippen molar-refractivity contribution in [3.05, 3.63) is 0 Å². The number of rotatable bonds is 2. The lowest BCUT2D eigenvalue weighted by molar-refractivity contribution is -0.00469. The zero-order valence-electron chi connectivity index (χ0n) is 21.5. The zero-order valence-corrected chi connectivity index (χ0v) is 21.5. The zero-order chi connectivity index (χ0) is 22.0. The van der Waals surface area contributed by atoms with Gasteiger partial charge in [-0.3, -0.25) is 0 Å². The smallest absolute Gasteiger partial charge is 0.0126 e. The maximum Gasteiger partial charge on any atom is 0.0126 e. The molecule has 0 aromatic carbocycles. The molecule has 1 N–H and O–H groups in total. The molecule has 3 nitrogen and oxygen atoms in total. The summed E-state index contributed by atoms with van der Waals surface area (Å²) >= 11 is 0. The van der Waals surface area contributed by atoms with Gasteiger partial charge < -0.3 is 15.1 Å². The summed E-state index contributed by atoms with van der Waals surface area (Å²) in [7, 11) is 4.87. The number of likely N-dealkylation sites (tertiary alicyclic amines) is 2. The Morgan fingerprint density at radius 3 is 2.34 bits per heavy atom. The Hall–Kier alpha value is -0.120. The monoisotopic (exact) mass is 441 g/mol. The van der Waals surface area contributed by atoms with Crippen molar-refractivity contribution in [1.29, 1.82) is 0 Å². The second-order valence-electron chi connectivity index (χ2n) is 13.9. The van der Waals surface area contributed by atoms with Crippen LogP contribution in [0.1, 0.15) is 84.5 Å². The summed E-state index contributed by atoms with van der Waals surface area (Å²) in [4.78, 5) is 5.53. The first-order valence-electron chi connectivity index (χ1n) is 14.6. The Labute approximate surface area is 198 Å². The minimum atomic E-state index is 0.798. The molecule has 3 saturated carbocycles. The summed E-state index contributed by atoms with van der Waals surface area (Å²) in [5, 5.41) is 4.38. The normalized spacial score (nSPS) is 54.4. The Balaban J connectivity index is 1.16. The molecule has 0 aromatic rings. The molecule has 182 valence electrons. The van der Waals surface area contributed by atoms with Gasteiger partial charge in [-0.1, -0.05) is 13.8 Å². The van der Waals surface area contributed by atoms with Crippen LogP contribution in [0.3, 0.4) is 0 Å². The SMILES string of the molecule is C[C@@H]1C[C@H]2C[C@@H]3N[C@H](C[C@H]4C[C@H](C)C[C@@H]5[C@H]4CCCN5C)CC[C@@H]3[C@@H]3C[C@H]2[C@H](C1)N(C)C3. The molecule has 0 unspecified atom stereocenters. The van der Waals surface area contributed by atoms with Crippen molar-refractivity contribution < 1.29 is 0 Å². The van der Waals surface area contributed by atoms with Gasteiger partial charge in [0.2, 0.25) is 0 Å². The van der Waals surface area contributed by atoms with Crippen LogP contribution in [0.2, 0.25) is 0 Å². The first-order chi connectivity index (χ1) is 15.5. The highest BCUT2D eigenvalue weighted by Gasteiger charge is 2.50. The van der Waals surface area contributed by atoms with Crippen molar-refractivity contribution in [1.82, 2.24) is 15.1 Å². The molecule has 6 rings (SSSR count). The second-order valence-corrected chi connectivity index (χ2v) is 13.9. The number of nitrogens with one attached hydrogen (secondary N) is 1. The Morgan fingerprint density at radius 1 is 0.719 bits per heavy atom. The standard InChI is InChI=1S/C29H51N3/c1-18-10-20(25-6-5-9-31(3)28(25)12-18)14-23-7-8-24-22-15-26-21(16-27(24)30-23)11-19(2)13-29(26)32(4)17-22/h18-30H,5-17H2,1-4H3/t18-,19+,20+,21-,22+,23-,24+,25-,26+,27-,28+,29-/m0/s1. The minimum absolute atomic E-state index is 0.798. The number of piperidine rings is 3. The van der Waals surface area contributed by atoms with E-state index in [4.69, 9.17) is 0 Å². The lowest BCUT2D eigenvalue weighted by Crippen LogP contribution is -2.54. The van der Waals surface area contributed by atoms with Crippen LogP contribution < -0.4 is 5.32 Å². The van der Waals surface area contributed by atoms with E-state index < -0.39 is 0 Å². The number of hydrogen-bond donors (Lipinski definition) is 1. The van der Waals surface area contributed by atoms with Gasteiger partial charge in [-0.2, -0.15) is 0 Å². The van der Waals surface area contributed by atoms with Crippen LogP contribution in [0.5, 0.6) is 0 Å². The topological polar surface area (TPSA) is 18.5 Å². The van der Waals surface area contributed by atoms with Gasteiger partial charge in [0, 0.05) is 30.7 Å². The third-order valence-corrected chi connectivity index (χ3v) is 11.7. The Morgan fingerprint density at radius 2 is 1.50 bits per heavy atom. The van der Waals surface area contributed by atoms with Crippen molar-refractivity contribution in [2.75, 3.05) is 27.2 Å². The van der Waals surface area contributed by atoms with Crippen LogP contribution in [0.4, 0.5) is 0 Å². The maximum atomic E-state index is 4.38. The molecule has 12 atom stereocenters. The molecule has 6 aliphatic rings. The van der Waals surface area contributed by atoms with E-state index in [1.54, 1.807) is 6.42 Å². The van der Waals surface area contributed by atoms with Crippen LogP contribution in [0, 0.1) is 47.3 Å². The molecule has 32 heavy (non-hydrogen) atoms. The van der Waals surface area contributed by atoms with E-state index in [9.17, 15) is 0 Å². The molecular formula is C29H51N3. The van der Waals surface area contributed by atoms with E-state index >= 15 is 0 Å². The second kappa shape index (κ2) is 8.83. The van der Waals surface area contributed by atoms with E-state index in [0.29, 0.717) is 0 Å². The molecule has 3 saturated heterocycles. The van der Waals surface area contributed by atoms with Crippen molar-refractivity contribution >= 4 is 0 Å². The molecule has 0 amide bonds. The molecule has 0 radical (unpaired) electrons. The van der Waals surface area contributed by atoms with E-state index in [2.05, 4.69) is 43.1 Å². The van der Waals surface area contributed by atoms with E-state index in [1.165, 1.54) is 77.3 Å². The van der Waals surface area contributed by atoms with Gasteiger partial charge >= 0.3 is 0 Å². The predicted molar refractivity (Wildman–Crippen MR) is 134 cm³/mol. The van der Waals surface area contributed by atoms with Gasteiger partial charge in [0.15, 0.2) is 0 Å². The average molecular weight is 442 g/mol. The van der Waals surface area contributed by atoms with E-state index in [-0.39, 0.29) is 0 Å². The summed E-state index contributed by atoms with van der Waals surface area (Å²) in [5.41, 5.74) is 0. The van der Waals surface area contributed by atoms with Crippen LogP contribution in [0.15, 0.2) is 0 Å². The molecule has 2 bridgehead atoms. The highest BCUT2D eigenvalue weighted by Crippen LogP contribution is 2.52. The van der Waals surface area contributed by atoms with Crippen molar-refractivity contribution in [3.8, 4) is 0 Å². The Kier molecular flexibility index (Phi) is 6.17. The van der Waals surface area contributed by atoms with E-state index in [1.807, 2.05) is 0 Å². The number of fused-ring (bicyclic) bond motifs is 4. The molecule has 0 spiro atoms. The summed E-state index contributed by atoms with van der Waals surface area (Å²) in [6.45, 7) is 7.80. The summed E-state index contributed by atoms with van der Waals surface area (Å²) in [6.07, 6.45) is 16.3. The minimum Gasteiger partial charge on any atom is -0.311 e. The van der Waals surface area contributed by atoms with Crippen LogP contribution in [-0.4, -0.2) is 61.2 Å². The fraction of sp³-hybridized carbons (Fsp3) is 1.00. The summed E-state index contributed by atoms with van der Waals surface area (Å²) < 4.78 is 0. The summed E-state index contributed by atoms with van der Waals surface area (Å²) in [5.74, 6) is 7.70. The molecular weight excluding hydrogens is 390 g/mol. The van der Waals surface area contributed by atoms with Gasteiger partial charge in [-0.15, -0.1) is 0 Å². The van der Waals surface area contributed by atoms with E-state index in [0.717, 1.165) is 71.5 Å². The molecule has 6 fully saturated rings. The first kappa shape index (κ1) is 22.4. The Bertz CT molecular complexity index is 665. The van der Waals surface area contributed by atoms with Crippen molar-refractivity contribution in [2.45, 2.75) is 109 Å². The van der Waals surface area contributed by atoms with Crippen molar-refractivity contribution in [3.63, 3.8) is 0 Å². The van der Waals surface area contributed by atoms with Crippen molar-refractivity contribution in [2.24, 2.45) is 47.3 Å². The van der Waals surface area contributed by atoms with Gasteiger partial charge in [-0.05, 0) is 139 Å². The average Bonchev–Trinajstić information content (AvgIpc) is 2.88. The molecule has 3 aliphatic carbocycles. The maximum absolute atomic E-state index is 4.38. The quantitative estimate of drug-likeness (QED) is 0.631. The molecule has 3 heterocycles. The van der Waals surface area contributed by atoms with Crippen LogP contribution in [0.25, 0.3) is 0 Å². The third kappa shape index (κ3) is 4.01. The predicted octanol–water partition coefficient (Wildman–Crippen LogP) is 5.26. The van der Waals surface area contributed by atoms with Gasteiger partial charge in [0.25, 0.3) is 0 Å². The summed E-state index contributed by atoms with van der Waals surface area (Å²) in [6, 6.07) is 3.38. The number of hydrogen-bond acceptors (Lipinski definition) is 3. The fourth-order valence-electron chi connectivity index (χ4n) is 10.5. The van der Waals surface area contributed by atoms with Gasteiger partial charge in [0.05, 0.1) is 0 Å². The lowest BCUT2D eigenvalue weighted by atomic mass is 9.65. The fourth-order valence-corrected chi connectivity index (χ4v) is 10.5. The third-order valence-electron chi connectivity index (χ3n) is 11.7. The molecule has 3 heteroatoms. The van der Waals surface area contributed by atoms with Crippen LogP contribution in [-0.2, 0) is 0 Å².